The standard InChI is InChI=1S/C24H29N3O2/c1-15-6-5-7-21(16(15)2)26-24(28)18-8-13-23-22(14-18)25-17(3)27(23)19-9-11-20(29-4)12-10-19/h8-16,21H,5-7H2,1-4H3,(H,26,28)/t15-,16+,21+/m0/s1. The van der Waals surface area contributed by atoms with E-state index in [4.69, 9.17) is 9.72 Å². The Morgan fingerprint density at radius 2 is 1.90 bits per heavy atom. The van der Waals surface area contributed by atoms with Gasteiger partial charge in [-0.1, -0.05) is 26.7 Å². The van der Waals surface area contributed by atoms with E-state index in [1.807, 2.05) is 49.4 Å². The highest BCUT2D eigenvalue weighted by Crippen LogP contribution is 2.30. The third-order valence-corrected chi connectivity index (χ3v) is 6.44. The molecule has 1 heterocycles. The average molecular weight is 392 g/mol. The van der Waals surface area contributed by atoms with Crippen LogP contribution < -0.4 is 10.1 Å². The summed E-state index contributed by atoms with van der Waals surface area (Å²) in [4.78, 5) is 17.6. The first-order chi connectivity index (χ1) is 14.0. The van der Waals surface area contributed by atoms with Crippen molar-refractivity contribution in [2.75, 3.05) is 7.11 Å². The van der Waals surface area contributed by atoms with Crippen molar-refractivity contribution in [2.45, 2.75) is 46.1 Å². The number of aryl methyl sites for hydroxylation is 1. The van der Waals surface area contributed by atoms with Gasteiger partial charge >= 0.3 is 0 Å². The number of carbonyl (C=O) groups excluding carboxylic acids is 1. The molecular weight excluding hydrogens is 362 g/mol. The fraction of sp³-hybridized carbons (Fsp3) is 0.417. The minimum absolute atomic E-state index is 0.00509. The summed E-state index contributed by atoms with van der Waals surface area (Å²) < 4.78 is 7.35. The van der Waals surface area contributed by atoms with Gasteiger partial charge in [0.2, 0.25) is 0 Å². The molecule has 1 aliphatic carbocycles. The lowest BCUT2D eigenvalue weighted by Gasteiger charge is -2.34. The number of benzene rings is 2. The lowest BCUT2D eigenvalue weighted by atomic mass is 9.78. The molecule has 5 nitrogen and oxygen atoms in total. The molecule has 0 spiro atoms. The number of ether oxygens (including phenoxy) is 1. The van der Waals surface area contributed by atoms with E-state index in [1.54, 1.807) is 7.11 Å². The molecule has 0 radical (unpaired) electrons. The summed E-state index contributed by atoms with van der Waals surface area (Å²) in [6, 6.07) is 13.9. The van der Waals surface area contributed by atoms with Crippen LogP contribution in [-0.4, -0.2) is 28.6 Å². The van der Waals surface area contributed by atoms with Crippen molar-refractivity contribution in [2.24, 2.45) is 11.8 Å². The molecule has 2 aromatic carbocycles. The fourth-order valence-corrected chi connectivity index (χ4v) is 4.44. The zero-order valence-corrected chi connectivity index (χ0v) is 17.6. The smallest absolute Gasteiger partial charge is 0.251 e. The Labute approximate surface area is 172 Å². The van der Waals surface area contributed by atoms with Crippen molar-refractivity contribution in [3.05, 3.63) is 53.9 Å². The van der Waals surface area contributed by atoms with Gasteiger partial charge in [-0.2, -0.15) is 0 Å². The van der Waals surface area contributed by atoms with Crippen molar-refractivity contribution >= 4 is 16.9 Å². The second-order valence-electron chi connectivity index (χ2n) is 8.24. The summed E-state index contributed by atoms with van der Waals surface area (Å²) in [5, 5.41) is 3.26. The first-order valence-electron chi connectivity index (χ1n) is 10.4. The lowest BCUT2D eigenvalue weighted by Crippen LogP contribution is -2.43. The molecule has 1 aliphatic rings. The van der Waals surface area contributed by atoms with Crippen LogP contribution in [0, 0.1) is 18.8 Å². The van der Waals surface area contributed by atoms with Crippen molar-refractivity contribution in [1.82, 2.24) is 14.9 Å². The van der Waals surface area contributed by atoms with Crippen LogP contribution in [0.15, 0.2) is 42.5 Å². The van der Waals surface area contributed by atoms with Crippen LogP contribution in [0.25, 0.3) is 16.7 Å². The minimum Gasteiger partial charge on any atom is -0.497 e. The van der Waals surface area contributed by atoms with E-state index in [0.29, 0.717) is 17.4 Å². The van der Waals surface area contributed by atoms with Crippen molar-refractivity contribution < 1.29 is 9.53 Å². The Balaban J connectivity index is 1.60. The van der Waals surface area contributed by atoms with E-state index >= 15 is 0 Å². The Kier molecular flexibility index (Phi) is 5.31. The first kappa shape index (κ1) is 19.5. The molecule has 5 heteroatoms. The number of nitrogens with zero attached hydrogens (tertiary/aromatic N) is 2. The summed E-state index contributed by atoms with van der Waals surface area (Å²) in [6.45, 7) is 6.51. The Bertz CT molecular complexity index is 1020. The van der Waals surface area contributed by atoms with Crippen LogP contribution in [0.5, 0.6) is 5.75 Å². The number of aromatic nitrogens is 2. The number of imidazole rings is 1. The molecule has 1 N–H and O–H groups in total. The second-order valence-corrected chi connectivity index (χ2v) is 8.24. The highest BCUT2D eigenvalue weighted by atomic mass is 16.5. The average Bonchev–Trinajstić information content (AvgIpc) is 3.06. The molecule has 0 aliphatic heterocycles. The largest absolute Gasteiger partial charge is 0.497 e. The molecule has 3 aromatic rings. The molecular formula is C24H29N3O2. The first-order valence-corrected chi connectivity index (χ1v) is 10.4. The van der Waals surface area contributed by atoms with Crippen LogP contribution in [0.2, 0.25) is 0 Å². The number of carbonyl (C=O) groups is 1. The molecule has 1 saturated carbocycles. The maximum Gasteiger partial charge on any atom is 0.251 e. The summed E-state index contributed by atoms with van der Waals surface area (Å²) in [6.07, 6.45) is 3.49. The van der Waals surface area contributed by atoms with Crippen LogP contribution in [0.4, 0.5) is 0 Å². The highest BCUT2D eigenvalue weighted by molar-refractivity contribution is 5.97. The molecule has 1 amide bonds. The van der Waals surface area contributed by atoms with Gasteiger partial charge in [0.25, 0.3) is 5.91 Å². The van der Waals surface area contributed by atoms with Crippen LogP contribution in [0.1, 0.15) is 49.3 Å². The topological polar surface area (TPSA) is 56.2 Å². The number of hydrogen-bond donors (Lipinski definition) is 1. The van der Waals surface area contributed by atoms with Gasteiger partial charge < -0.3 is 10.1 Å². The zero-order chi connectivity index (χ0) is 20.5. The molecule has 0 bridgehead atoms. The molecule has 1 fully saturated rings. The molecule has 29 heavy (non-hydrogen) atoms. The van der Waals surface area contributed by atoms with E-state index in [2.05, 4.69) is 23.7 Å². The van der Waals surface area contributed by atoms with Gasteiger partial charge in [-0.05, 0) is 67.6 Å². The predicted octanol–water partition coefficient (Wildman–Crippen LogP) is 4.90. The summed E-state index contributed by atoms with van der Waals surface area (Å²) >= 11 is 0. The van der Waals surface area contributed by atoms with Gasteiger partial charge in [-0.25, -0.2) is 4.98 Å². The zero-order valence-electron chi connectivity index (χ0n) is 17.6. The van der Waals surface area contributed by atoms with Gasteiger partial charge in [0.15, 0.2) is 0 Å². The maximum atomic E-state index is 12.9. The summed E-state index contributed by atoms with van der Waals surface area (Å²) in [5.41, 5.74) is 3.51. The third-order valence-electron chi connectivity index (χ3n) is 6.44. The molecule has 3 atom stereocenters. The SMILES string of the molecule is COc1ccc(-n2c(C)nc3cc(C(=O)N[C@@H]4CCC[C@H](C)[C@H]4C)ccc32)cc1. The predicted molar refractivity (Wildman–Crippen MR) is 116 cm³/mol. The van der Waals surface area contributed by atoms with Crippen LogP contribution in [0.3, 0.4) is 0 Å². The second kappa shape index (κ2) is 7.90. The minimum atomic E-state index is -0.00509. The van der Waals surface area contributed by atoms with Crippen LogP contribution >= 0.6 is 0 Å². The number of amides is 1. The van der Waals surface area contributed by atoms with Gasteiger partial charge in [-0.15, -0.1) is 0 Å². The van der Waals surface area contributed by atoms with Gasteiger partial charge in [-0.3, -0.25) is 9.36 Å². The van der Waals surface area contributed by atoms with Crippen molar-refractivity contribution in [3.8, 4) is 11.4 Å². The Hall–Kier alpha value is -2.82. The molecule has 0 unspecified atom stereocenters. The summed E-state index contributed by atoms with van der Waals surface area (Å²) in [5.74, 6) is 2.86. The number of rotatable bonds is 4. The summed E-state index contributed by atoms with van der Waals surface area (Å²) in [7, 11) is 1.66. The molecule has 0 saturated heterocycles. The maximum absolute atomic E-state index is 12.9. The number of fused-ring (bicyclic) bond motifs is 1. The van der Waals surface area contributed by atoms with Crippen molar-refractivity contribution in [3.63, 3.8) is 0 Å². The fourth-order valence-electron chi connectivity index (χ4n) is 4.44. The van der Waals surface area contributed by atoms with E-state index in [1.165, 1.54) is 12.8 Å². The van der Waals surface area contributed by atoms with E-state index in [9.17, 15) is 4.79 Å². The van der Waals surface area contributed by atoms with Gasteiger partial charge in [0, 0.05) is 17.3 Å². The number of nitrogens with one attached hydrogen (secondary N) is 1. The normalized spacial score (nSPS) is 21.9. The number of methoxy groups -OCH3 is 1. The van der Waals surface area contributed by atoms with Gasteiger partial charge in [0.05, 0.1) is 18.1 Å². The monoisotopic (exact) mass is 391 g/mol. The van der Waals surface area contributed by atoms with Crippen molar-refractivity contribution in [1.29, 1.82) is 0 Å². The lowest BCUT2D eigenvalue weighted by molar-refractivity contribution is 0.0891. The Morgan fingerprint density at radius 1 is 1.14 bits per heavy atom. The van der Waals surface area contributed by atoms with Gasteiger partial charge in [0.1, 0.15) is 11.6 Å². The van der Waals surface area contributed by atoms with E-state index in [-0.39, 0.29) is 11.9 Å². The van der Waals surface area contributed by atoms with E-state index < -0.39 is 0 Å². The third kappa shape index (κ3) is 3.74. The van der Waals surface area contributed by atoms with Crippen LogP contribution in [-0.2, 0) is 0 Å². The Morgan fingerprint density at radius 3 is 2.62 bits per heavy atom. The highest BCUT2D eigenvalue weighted by Gasteiger charge is 2.28. The quantitative estimate of drug-likeness (QED) is 0.688. The molecule has 1 aromatic heterocycles. The molecule has 152 valence electrons. The van der Waals surface area contributed by atoms with E-state index in [0.717, 1.165) is 34.7 Å². The number of hydrogen-bond acceptors (Lipinski definition) is 3. The molecule has 4 rings (SSSR count).